The molecule has 10 nitrogen and oxygen atoms in total. The van der Waals surface area contributed by atoms with Gasteiger partial charge in [-0.2, -0.15) is 0 Å². The number of aromatic amines is 1. The summed E-state index contributed by atoms with van der Waals surface area (Å²) in [5.41, 5.74) is 3.83. The van der Waals surface area contributed by atoms with Crippen LogP contribution in [0.3, 0.4) is 0 Å². The van der Waals surface area contributed by atoms with Gasteiger partial charge in [0, 0.05) is 36.1 Å². The summed E-state index contributed by atoms with van der Waals surface area (Å²) in [5, 5.41) is 22.9. The maximum atomic E-state index is 13.4. The third-order valence-corrected chi connectivity index (χ3v) is 7.03. The van der Waals surface area contributed by atoms with Crippen molar-refractivity contribution in [3.63, 3.8) is 0 Å². The predicted molar refractivity (Wildman–Crippen MR) is 137 cm³/mol. The molecule has 5 rings (SSSR count). The minimum Gasteiger partial charge on any atom is -0.497 e. The second-order valence-electron chi connectivity index (χ2n) is 9.89. The number of methoxy groups -OCH3 is 1. The normalized spacial score (nSPS) is 20.2. The van der Waals surface area contributed by atoms with Gasteiger partial charge in [-0.25, -0.2) is 0 Å². The van der Waals surface area contributed by atoms with Crippen LogP contribution in [0, 0.1) is 12.8 Å². The number of aliphatic hydroxyl groups is 2. The second kappa shape index (κ2) is 10.0. The van der Waals surface area contributed by atoms with Crippen LogP contribution in [-0.2, 0) is 4.79 Å². The lowest BCUT2D eigenvalue weighted by Crippen LogP contribution is -2.43. The number of hydrogen-bond acceptors (Lipinski definition) is 7. The zero-order valence-corrected chi connectivity index (χ0v) is 21.2. The summed E-state index contributed by atoms with van der Waals surface area (Å²) >= 11 is 0. The Labute approximate surface area is 214 Å². The molecule has 2 aromatic heterocycles. The number of ether oxygens (including phenoxy) is 2. The first-order valence-corrected chi connectivity index (χ1v) is 12.5. The summed E-state index contributed by atoms with van der Waals surface area (Å²) in [6.07, 6.45) is 1.90. The Morgan fingerprint density at radius 1 is 1.24 bits per heavy atom. The van der Waals surface area contributed by atoms with Crippen molar-refractivity contribution in [1.29, 1.82) is 0 Å². The van der Waals surface area contributed by atoms with Gasteiger partial charge >= 0.3 is 0 Å². The van der Waals surface area contributed by atoms with Crippen molar-refractivity contribution in [1.82, 2.24) is 20.2 Å². The lowest BCUT2D eigenvalue weighted by Gasteiger charge is -2.18. The van der Waals surface area contributed by atoms with Crippen LogP contribution in [0.5, 0.6) is 11.5 Å². The summed E-state index contributed by atoms with van der Waals surface area (Å²) in [6.45, 7) is 3.99. The number of likely N-dealkylation sites (tertiary alicyclic amines) is 1. The lowest BCUT2D eigenvalue weighted by molar-refractivity contribution is -0.138. The number of H-pyrrole nitrogens is 1. The molecule has 37 heavy (non-hydrogen) atoms. The van der Waals surface area contributed by atoms with Crippen LogP contribution < -0.4 is 14.8 Å². The number of pyridine rings is 1. The highest BCUT2D eigenvalue weighted by molar-refractivity contribution is 6.10. The van der Waals surface area contributed by atoms with Crippen LogP contribution in [0.15, 0.2) is 30.5 Å². The van der Waals surface area contributed by atoms with Crippen molar-refractivity contribution in [2.75, 3.05) is 26.8 Å². The minimum atomic E-state index is -1.17. The lowest BCUT2D eigenvalue weighted by atomic mass is 10.0. The smallest absolute Gasteiger partial charge is 0.255 e. The third kappa shape index (κ3) is 4.99. The summed E-state index contributed by atoms with van der Waals surface area (Å²) in [5.74, 6) is 1.12. The van der Waals surface area contributed by atoms with Gasteiger partial charge in [-0.3, -0.25) is 14.6 Å². The molecule has 0 spiro atoms. The number of aromatic nitrogens is 2. The van der Waals surface area contributed by atoms with E-state index in [9.17, 15) is 19.8 Å². The van der Waals surface area contributed by atoms with Crippen LogP contribution in [-0.4, -0.2) is 82.0 Å². The Morgan fingerprint density at radius 2 is 2.03 bits per heavy atom. The number of carbonyl (C=O) groups excluding carboxylic acids is 2. The maximum absolute atomic E-state index is 13.4. The number of β-amino-alcohol motifs (C(OH)–C–C–N with tert-alkyl or cyclic N) is 1. The molecule has 0 radical (unpaired) electrons. The number of rotatable bonds is 8. The first-order chi connectivity index (χ1) is 17.8. The molecule has 1 aliphatic carbocycles. The number of carbonyl (C=O) groups is 2. The van der Waals surface area contributed by atoms with Crippen LogP contribution in [0.25, 0.3) is 22.2 Å². The molecule has 1 aromatic carbocycles. The van der Waals surface area contributed by atoms with Gasteiger partial charge in [-0.15, -0.1) is 0 Å². The Bertz CT molecular complexity index is 1330. The maximum Gasteiger partial charge on any atom is 0.255 e. The first kappa shape index (κ1) is 25.0. The number of aryl methyl sites for hydroxylation is 1. The predicted octanol–water partition coefficient (Wildman–Crippen LogP) is 2.02. The molecule has 4 N–H and O–H groups in total. The van der Waals surface area contributed by atoms with Crippen molar-refractivity contribution >= 4 is 22.8 Å². The second-order valence-corrected chi connectivity index (χ2v) is 9.89. The van der Waals surface area contributed by atoms with Gasteiger partial charge in [0.05, 0.1) is 36.9 Å². The molecule has 0 bridgehead atoms. The highest BCUT2D eigenvalue weighted by Crippen LogP contribution is 2.39. The number of hydrogen-bond donors (Lipinski definition) is 4. The quantitative estimate of drug-likeness (QED) is 0.365. The van der Waals surface area contributed by atoms with E-state index in [-0.39, 0.29) is 13.1 Å². The van der Waals surface area contributed by atoms with Gasteiger partial charge in [0.2, 0.25) is 0 Å². The number of nitrogens with zero attached hydrogens (tertiary/aromatic N) is 2. The third-order valence-electron chi connectivity index (χ3n) is 7.03. The molecule has 1 saturated heterocycles. The molecule has 3 aromatic rings. The van der Waals surface area contributed by atoms with E-state index in [1.807, 2.05) is 24.3 Å². The van der Waals surface area contributed by atoms with E-state index in [0.717, 1.165) is 16.9 Å². The van der Waals surface area contributed by atoms with Crippen LogP contribution in [0.4, 0.5) is 0 Å². The number of benzene rings is 1. The molecule has 2 aliphatic rings. The van der Waals surface area contributed by atoms with Gasteiger partial charge < -0.3 is 34.9 Å². The summed E-state index contributed by atoms with van der Waals surface area (Å²) < 4.78 is 11.6. The average molecular weight is 509 g/mol. The van der Waals surface area contributed by atoms with E-state index in [1.165, 1.54) is 24.7 Å². The zero-order chi connectivity index (χ0) is 26.3. The molecule has 0 unspecified atom stereocenters. The van der Waals surface area contributed by atoms with E-state index >= 15 is 0 Å². The number of aliphatic hydroxyl groups excluding tert-OH is 2. The van der Waals surface area contributed by atoms with E-state index in [4.69, 9.17) is 9.47 Å². The zero-order valence-electron chi connectivity index (χ0n) is 21.2. The molecule has 1 aliphatic heterocycles. The van der Waals surface area contributed by atoms with E-state index in [1.54, 1.807) is 20.2 Å². The Morgan fingerprint density at radius 3 is 2.73 bits per heavy atom. The largest absolute Gasteiger partial charge is 0.497 e. The highest BCUT2D eigenvalue weighted by Gasteiger charge is 2.37. The van der Waals surface area contributed by atoms with Crippen molar-refractivity contribution in [3.05, 3.63) is 41.7 Å². The Kier molecular flexibility index (Phi) is 6.78. The van der Waals surface area contributed by atoms with E-state index in [0.29, 0.717) is 40.6 Å². The minimum absolute atomic E-state index is 0.0451. The molecule has 2 amide bonds. The fourth-order valence-corrected chi connectivity index (χ4v) is 4.79. The standard InChI is InChI=1S/C27H32N4O6/c1-14-23(26(34)30-20-11-31(12-21(20)33)27(35)15(2)32)25-24(29-14)18(8-9-28-25)19-10-17(36-3)6-7-22(19)37-13-16-4-5-16/h6-10,15-16,20-21,29,32-33H,4-5,11-13H2,1-3H3,(H,30,34)/t15-,20+,21-/m0/s1. The summed E-state index contributed by atoms with van der Waals surface area (Å²) in [7, 11) is 1.61. The summed E-state index contributed by atoms with van der Waals surface area (Å²) in [6, 6.07) is 6.88. The van der Waals surface area contributed by atoms with Gasteiger partial charge in [0.15, 0.2) is 0 Å². The molecule has 2 fully saturated rings. The van der Waals surface area contributed by atoms with Crippen molar-refractivity contribution in [2.24, 2.45) is 5.92 Å². The summed E-state index contributed by atoms with van der Waals surface area (Å²) in [4.78, 5) is 34.7. The molecular weight excluding hydrogens is 476 g/mol. The molecule has 3 heterocycles. The SMILES string of the molecule is COc1ccc(OCC2CC2)c(-c2ccnc3c(C(=O)N[C@@H]4CN(C(=O)[C@H](C)O)C[C@@H]4O)c(C)[nH]c23)c1. The van der Waals surface area contributed by atoms with Gasteiger partial charge in [-0.05, 0) is 56.9 Å². The number of fused-ring (bicyclic) bond motifs is 1. The van der Waals surface area contributed by atoms with E-state index in [2.05, 4.69) is 15.3 Å². The number of amides is 2. The van der Waals surface area contributed by atoms with Gasteiger partial charge in [-0.1, -0.05) is 0 Å². The van der Waals surface area contributed by atoms with E-state index < -0.39 is 30.1 Å². The first-order valence-electron chi connectivity index (χ1n) is 12.5. The van der Waals surface area contributed by atoms with Gasteiger partial charge in [0.1, 0.15) is 23.1 Å². The molecule has 1 saturated carbocycles. The van der Waals surface area contributed by atoms with Crippen molar-refractivity contribution in [3.8, 4) is 22.6 Å². The van der Waals surface area contributed by atoms with Crippen LogP contribution >= 0.6 is 0 Å². The topological polar surface area (TPSA) is 137 Å². The molecule has 196 valence electrons. The molecular formula is C27H32N4O6. The fraction of sp³-hybridized carbons (Fsp3) is 0.444. The van der Waals surface area contributed by atoms with Gasteiger partial charge in [0.25, 0.3) is 11.8 Å². The molecule has 10 heteroatoms. The monoisotopic (exact) mass is 508 g/mol. The van der Waals surface area contributed by atoms with Crippen molar-refractivity contribution < 1.29 is 29.3 Å². The van der Waals surface area contributed by atoms with Crippen LogP contribution in [0.2, 0.25) is 0 Å². The Balaban J connectivity index is 1.45. The fourth-order valence-electron chi connectivity index (χ4n) is 4.79. The number of nitrogens with one attached hydrogen (secondary N) is 2. The van der Waals surface area contributed by atoms with Crippen LogP contribution in [0.1, 0.15) is 35.8 Å². The molecule has 3 atom stereocenters. The Hall–Kier alpha value is -3.63. The highest BCUT2D eigenvalue weighted by atomic mass is 16.5. The average Bonchev–Trinajstić information content (AvgIpc) is 3.55. The van der Waals surface area contributed by atoms with Crippen molar-refractivity contribution in [2.45, 2.75) is 44.9 Å².